The molecule has 2 aliphatic rings. The maximum Gasteiger partial charge on any atom is 0.0170 e. The molecular weight excluding hydrogens is 242 g/mol. The van der Waals surface area contributed by atoms with E-state index in [1.165, 1.54) is 38.5 Å². The first-order valence-electron chi connectivity index (χ1n) is 8.66. The molecule has 20 heavy (non-hydrogen) atoms. The molecule has 2 aliphatic carbocycles. The third-order valence-corrected chi connectivity index (χ3v) is 5.72. The van der Waals surface area contributed by atoms with Crippen LogP contribution in [0.3, 0.4) is 0 Å². The summed E-state index contributed by atoms with van der Waals surface area (Å²) in [5.74, 6) is 2.61. The third kappa shape index (κ3) is 2.53. The van der Waals surface area contributed by atoms with Crippen molar-refractivity contribution in [1.29, 1.82) is 0 Å². The Bertz CT molecular complexity index is 439. The molecule has 0 heterocycles. The molecular formula is C19H29N. The van der Waals surface area contributed by atoms with Gasteiger partial charge in [-0.2, -0.15) is 0 Å². The second-order valence-electron chi connectivity index (χ2n) is 6.71. The number of likely N-dealkylation sites (N-methyl/N-ethyl adjacent to an activating group) is 1. The SMILES string of the molecule is CCNC(C1Cc2ccccc21)C1CCCCC1CC. The van der Waals surface area contributed by atoms with Crippen LogP contribution >= 0.6 is 0 Å². The zero-order valence-corrected chi connectivity index (χ0v) is 13.1. The van der Waals surface area contributed by atoms with Crippen molar-refractivity contribution >= 4 is 0 Å². The van der Waals surface area contributed by atoms with E-state index in [0.717, 1.165) is 24.3 Å². The minimum Gasteiger partial charge on any atom is -0.313 e. The minimum absolute atomic E-state index is 0.708. The van der Waals surface area contributed by atoms with E-state index < -0.39 is 0 Å². The van der Waals surface area contributed by atoms with Crippen molar-refractivity contribution < 1.29 is 0 Å². The summed E-state index contributed by atoms with van der Waals surface area (Å²) in [7, 11) is 0. The second kappa shape index (κ2) is 6.30. The standard InChI is InChI=1S/C19H29N/c1-3-14-9-5-8-12-17(14)19(20-4-2)18-13-15-10-6-7-11-16(15)18/h6-7,10-11,14,17-20H,3-5,8-9,12-13H2,1-2H3. The number of benzene rings is 1. The van der Waals surface area contributed by atoms with E-state index in [2.05, 4.69) is 43.4 Å². The van der Waals surface area contributed by atoms with Crippen molar-refractivity contribution in [3.05, 3.63) is 35.4 Å². The van der Waals surface area contributed by atoms with E-state index in [-0.39, 0.29) is 0 Å². The van der Waals surface area contributed by atoms with E-state index in [0.29, 0.717) is 6.04 Å². The highest BCUT2D eigenvalue weighted by molar-refractivity contribution is 5.41. The number of rotatable bonds is 5. The Labute approximate surface area is 124 Å². The van der Waals surface area contributed by atoms with Gasteiger partial charge < -0.3 is 5.32 Å². The zero-order chi connectivity index (χ0) is 13.9. The van der Waals surface area contributed by atoms with Gasteiger partial charge in [0, 0.05) is 12.0 Å². The summed E-state index contributed by atoms with van der Waals surface area (Å²) < 4.78 is 0. The molecule has 4 atom stereocenters. The van der Waals surface area contributed by atoms with Gasteiger partial charge in [-0.15, -0.1) is 0 Å². The van der Waals surface area contributed by atoms with Gasteiger partial charge in [-0.1, -0.05) is 63.8 Å². The van der Waals surface area contributed by atoms with Gasteiger partial charge in [-0.25, -0.2) is 0 Å². The fourth-order valence-corrected chi connectivity index (χ4v) is 4.66. The van der Waals surface area contributed by atoms with Crippen LogP contribution in [-0.2, 0) is 6.42 Å². The first-order chi connectivity index (χ1) is 9.85. The van der Waals surface area contributed by atoms with Crippen LogP contribution in [0.2, 0.25) is 0 Å². The van der Waals surface area contributed by atoms with Gasteiger partial charge in [0.1, 0.15) is 0 Å². The maximum absolute atomic E-state index is 3.86. The lowest BCUT2D eigenvalue weighted by molar-refractivity contribution is 0.152. The van der Waals surface area contributed by atoms with E-state index in [4.69, 9.17) is 0 Å². The Kier molecular flexibility index (Phi) is 4.45. The fraction of sp³-hybridized carbons (Fsp3) is 0.684. The Morgan fingerprint density at radius 1 is 1.15 bits per heavy atom. The summed E-state index contributed by atoms with van der Waals surface area (Å²) in [6.07, 6.45) is 8.44. The normalized spacial score (nSPS) is 30.4. The summed E-state index contributed by atoms with van der Waals surface area (Å²) >= 11 is 0. The van der Waals surface area contributed by atoms with E-state index >= 15 is 0 Å². The Hall–Kier alpha value is -0.820. The molecule has 3 rings (SSSR count). The topological polar surface area (TPSA) is 12.0 Å². The van der Waals surface area contributed by atoms with Gasteiger partial charge in [0.2, 0.25) is 0 Å². The van der Waals surface area contributed by atoms with Gasteiger partial charge in [0.25, 0.3) is 0 Å². The summed E-state index contributed by atoms with van der Waals surface area (Å²) in [6.45, 7) is 5.76. The van der Waals surface area contributed by atoms with Crippen LogP contribution in [0, 0.1) is 11.8 Å². The average molecular weight is 271 g/mol. The van der Waals surface area contributed by atoms with Crippen LogP contribution < -0.4 is 5.32 Å². The molecule has 1 aromatic carbocycles. The monoisotopic (exact) mass is 271 g/mol. The summed E-state index contributed by atoms with van der Waals surface area (Å²) in [5.41, 5.74) is 3.21. The largest absolute Gasteiger partial charge is 0.313 e. The molecule has 0 aromatic heterocycles. The fourth-order valence-electron chi connectivity index (χ4n) is 4.66. The predicted octanol–water partition coefficient (Wildman–Crippen LogP) is 4.52. The Morgan fingerprint density at radius 2 is 1.95 bits per heavy atom. The van der Waals surface area contributed by atoms with Crippen molar-refractivity contribution in [1.82, 2.24) is 5.32 Å². The van der Waals surface area contributed by atoms with Crippen LogP contribution in [0.15, 0.2) is 24.3 Å². The maximum atomic E-state index is 3.86. The van der Waals surface area contributed by atoms with Crippen molar-refractivity contribution in [3.8, 4) is 0 Å². The summed E-state index contributed by atoms with van der Waals surface area (Å²) in [6, 6.07) is 9.78. The van der Waals surface area contributed by atoms with Crippen LogP contribution in [-0.4, -0.2) is 12.6 Å². The van der Waals surface area contributed by atoms with Gasteiger partial charge in [0.05, 0.1) is 0 Å². The lowest BCUT2D eigenvalue weighted by Crippen LogP contribution is -2.48. The highest BCUT2D eigenvalue weighted by Gasteiger charge is 2.39. The molecule has 0 bridgehead atoms. The first-order valence-corrected chi connectivity index (χ1v) is 8.66. The molecule has 0 radical (unpaired) electrons. The van der Waals surface area contributed by atoms with Crippen LogP contribution in [0.1, 0.15) is 63.0 Å². The van der Waals surface area contributed by atoms with Crippen molar-refractivity contribution in [2.24, 2.45) is 11.8 Å². The smallest absolute Gasteiger partial charge is 0.0170 e. The lowest BCUT2D eigenvalue weighted by Gasteiger charge is -2.45. The average Bonchev–Trinajstić information content (AvgIpc) is 2.47. The Balaban J connectivity index is 1.79. The Morgan fingerprint density at radius 3 is 2.70 bits per heavy atom. The van der Waals surface area contributed by atoms with Crippen LogP contribution in [0.5, 0.6) is 0 Å². The van der Waals surface area contributed by atoms with E-state index in [1.807, 2.05) is 0 Å². The molecule has 1 heteroatoms. The van der Waals surface area contributed by atoms with Gasteiger partial charge >= 0.3 is 0 Å². The van der Waals surface area contributed by atoms with E-state index in [1.54, 1.807) is 11.1 Å². The van der Waals surface area contributed by atoms with Crippen LogP contribution in [0.4, 0.5) is 0 Å². The summed E-state index contributed by atoms with van der Waals surface area (Å²) in [5, 5.41) is 3.86. The molecule has 4 unspecified atom stereocenters. The molecule has 1 saturated carbocycles. The molecule has 0 spiro atoms. The number of hydrogen-bond acceptors (Lipinski definition) is 1. The minimum atomic E-state index is 0.708. The highest BCUT2D eigenvalue weighted by atomic mass is 14.9. The highest BCUT2D eigenvalue weighted by Crippen LogP contribution is 2.44. The second-order valence-corrected chi connectivity index (χ2v) is 6.71. The summed E-state index contributed by atoms with van der Waals surface area (Å²) in [4.78, 5) is 0. The number of fused-ring (bicyclic) bond motifs is 1. The van der Waals surface area contributed by atoms with Crippen molar-refractivity contribution in [2.45, 2.75) is 64.3 Å². The number of nitrogens with one attached hydrogen (secondary N) is 1. The third-order valence-electron chi connectivity index (χ3n) is 5.72. The van der Waals surface area contributed by atoms with Crippen molar-refractivity contribution in [2.75, 3.05) is 6.54 Å². The molecule has 1 fully saturated rings. The van der Waals surface area contributed by atoms with E-state index in [9.17, 15) is 0 Å². The molecule has 0 aliphatic heterocycles. The van der Waals surface area contributed by atoms with Gasteiger partial charge in [-0.05, 0) is 42.3 Å². The quantitative estimate of drug-likeness (QED) is 0.830. The first kappa shape index (κ1) is 14.1. The number of hydrogen-bond donors (Lipinski definition) is 1. The van der Waals surface area contributed by atoms with Gasteiger partial charge in [-0.3, -0.25) is 0 Å². The van der Waals surface area contributed by atoms with Gasteiger partial charge in [0.15, 0.2) is 0 Å². The zero-order valence-electron chi connectivity index (χ0n) is 13.1. The lowest BCUT2D eigenvalue weighted by atomic mass is 9.64. The molecule has 1 nitrogen and oxygen atoms in total. The van der Waals surface area contributed by atoms with Crippen molar-refractivity contribution in [3.63, 3.8) is 0 Å². The molecule has 0 saturated heterocycles. The molecule has 0 amide bonds. The molecule has 1 N–H and O–H groups in total. The van der Waals surface area contributed by atoms with Crippen LogP contribution in [0.25, 0.3) is 0 Å². The predicted molar refractivity (Wildman–Crippen MR) is 86.1 cm³/mol. The molecule has 1 aromatic rings. The molecule has 110 valence electrons.